The van der Waals surface area contributed by atoms with Gasteiger partial charge in [0, 0.05) is 25.3 Å². The average molecular weight is 479 g/mol. The molecular weight excluding hydrogens is 440 g/mol. The summed E-state index contributed by atoms with van der Waals surface area (Å²) in [4.78, 5) is 18.8. The molecule has 0 bridgehead atoms. The fraction of sp³-hybridized carbons (Fsp3) is 0.630. The predicted molar refractivity (Wildman–Crippen MR) is 136 cm³/mol. The van der Waals surface area contributed by atoms with E-state index in [0.717, 1.165) is 66.7 Å². The summed E-state index contributed by atoms with van der Waals surface area (Å²) in [5, 5.41) is 14.2. The van der Waals surface area contributed by atoms with Crippen molar-refractivity contribution in [2.24, 2.45) is 5.92 Å². The van der Waals surface area contributed by atoms with Crippen molar-refractivity contribution in [2.75, 3.05) is 13.2 Å². The quantitative estimate of drug-likeness (QED) is 0.508. The molecule has 1 aliphatic heterocycles. The molecule has 2 atom stereocenters. The Kier molecular flexibility index (Phi) is 7.02. The van der Waals surface area contributed by atoms with E-state index in [1.165, 1.54) is 18.4 Å². The van der Waals surface area contributed by atoms with Crippen LogP contribution in [0.3, 0.4) is 0 Å². The number of hydrogen-bond acceptors (Lipinski definition) is 6. The molecule has 1 aliphatic carbocycles. The summed E-state index contributed by atoms with van der Waals surface area (Å²) in [6.07, 6.45) is 6.98. The van der Waals surface area contributed by atoms with Crippen LogP contribution in [-0.2, 0) is 11.3 Å². The van der Waals surface area contributed by atoms with E-state index in [9.17, 15) is 4.79 Å². The zero-order valence-electron chi connectivity index (χ0n) is 21.5. The first-order chi connectivity index (χ1) is 16.9. The monoisotopic (exact) mass is 478 g/mol. The van der Waals surface area contributed by atoms with E-state index in [-0.39, 0.29) is 23.6 Å². The van der Waals surface area contributed by atoms with Crippen LogP contribution in [0.4, 0.5) is 0 Å². The van der Waals surface area contributed by atoms with Gasteiger partial charge in [0.25, 0.3) is 5.56 Å². The summed E-state index contributed by atoms with van der Waals surface area (Å²) in [6.45, 7) is 10.7. The SMILES string of the molecule is Cc1cc(C)c2[nH]c(=O)c(CN(C[C@@H]3CCCO3)[C@H](c3nnnn3C3CCCC3)C(C)C)cc2c1. The second-order valence-electron chi connectivity index (χ2n) is 10.8. The minimum atomic E-state index is -0.0281. The maximum Gasteiger partial charge on any atom is 0.252 e. The van der Waals surface area contributed by atoms with Crippen LogP contribution in [0, 0.1) is 19.8 Å². The van der Waals surface area contributed by atoms with Crippen LogP contribution in [0.25, 0.3) is 10.9 Å². The van der Waals surface area contributed by atoms with Crippen LogP contribution in [0.5, 0.6) is 0 Å². The van der Waals surface area contributed by atoms with Gasteiger partial charge >= 0.3 is 0 Å². The van der Waals surface area contributed by atoms with Crippen LogP contribution in [0.1, 0.15) is 87.0 Å². The second kappa shape index (κ2) is 10.2. The molecule has 35 heavy (non-hydrogen) atoms. The summed E-state index contributed by atoms with van der Waals surface area (Å²) in [7, 11) is 0. The third-order valence-corrected chi connectivity index (χ3v) is 7.68. The number of aryl methyl sites for hydroxylation is 2. The first-order valence-electron chi connectivity index (χ1n) is 13.2. The fourth-order valence-electron chi connectivity index (χ4n) is 6.08. The average Bonchev–Trinajstić information content (AvgIpc) is 3.57. The Bertz CT molecular complexity index is 1220. The zero-order chi connectivity index (χ0) is 24.5. The maximum atomic E-state index is 13.2. The number of ether oxygens (including phenoxy) is 1. The molecule has 3 aromatic rings. The topological polar surface area (TPSA) is 88.9 Å². The smallest absolute Gasteiger partial charge is 0.252 e. The number of nitrogens with zero attached hydrogens (tertiary/aromatic N) is 5. The normalized spacial score (nSPS) is 20.0. The number of aromatic nitrogens is 5. The highest BCUT2D eigenvalue weighted by Gasteiger charge is 2.34. The standard InChI is InChI=1S/C27H38N6O2/c1-17(2)25(26-29-30-31-33(26)22-8-5-6-9-22)32(16-23-10-7-11-35-23)15-21-14-20-13-18(3)12-19(4)24(20)28-27(21)34/h12-14,17,22-23,25H,5-11,15-16H2,1-4H3,(H,28,34)/t23-,25-/m0/s1. The van der Waals surface area contributed by atoms with Gasteiger partial charge in [0.2, 0.25) is 0 Å². The molecule has 1 N–H and O–H groups in total. The molecule has 1 saturated carbocycles. The molecule has 0 radical (unpaired) electrons. The van der Waals surface area contributed by atoms with Crippen molar-refractivity contribution in [2.45, 2.75) is 91.0 Å². The number of fused-ring (bicyclic) bond motifs is 1. The van der Waals surface area contributed by atoms with Gasteiger partial charge in [-0.05, 0) is 79.0 Å². The minimum Gasteiger partial charge on any atom is -0.377 e. The van der Waals surface area contributed by atoms with Crippen LogP contribution in [-0.4, -0.2) is 49.3 Å². The third-order valence-electron chi connectivity index (χ3n) is 7.68. The molecule has 188 valence electrons. The highest BCUT2D eigenvalue weighted by Crippen LogP contribution is 2.35. The number of H-pyrrole nitrogens is 1. The summed E-state index contributed by atoms with van der Waals surface area (Å²) in [5.74, 6) is 1.18. The summed E-state index contributed by atoms with van der Waals surface area (Å²) < 4.78 is 8.11. The first-order valence-corrected chi connectivity index (χ1v) is 13.2. The van der Waals surface area contributed by atoms with Crippen molar-refractivity contribution in [3.63, 3.8) is 0 Å². The van der Waals surface area contributed by atoms with Crippen molar-refractivity contribution in [3.8, 4) is 0 Å². The number of pyridine rings is 1. The number of benzene rings is 1. The molecule has 0 spiro atoms. The molecule has 0 amide bonds. The van der Waals surface area contributed by atoms with E-state index in [1.807, 2.05) is 6.92 Å². The van der Waals surface area contributed by atoms with Gasteiger partial charge in [-0.3, -0.25) is 9.69 Å². The Morgan fingerprint density at radius 1 is 1.14 bits per heavy atom. The van der Waals surface area contributed by atoms with Crippen molar-refractivity contribution in [1.82, 2.24) is 30.1 Å². The molecular formula is C27H38N6O2. The number of rotatable bonds is 8. The molecule has 8 heteroatoms. The Morgan fingerprint density at radius 3 is 2.66 bits per heavy atom. The summed E-state index contributed by atoms with van der Waals surface area (Å²) in [5.41, 5.74) is 3.95. The number of aromatic amines is 1. The van der Waals surface area contributed by atoms with E-state index >= 15 is 0 Å². The van der Waals surface area contributed by atoms with Crippen LogP contribution in [0.15, 0.2) is 23.0 Å². The Labute approximate surface area is 207 Å². The van der Waals surface area contributed by atoms with Crippen molar-refractivity contribution in [3.05, 3.63) is 51.1 Å². The Morgan fingerprint density at radius 2 is 1.94 bits per heavy atom. The lowest BCUT2D eigenvalue weighted by Crippen LogP contribution is -2.40. The highest BCUT2D eigenvalue weighted by atomic mass is 16.5. The van der Waals surface area contributed by atoms with Gasteiger partial charge in [0.1, 0.15) is 0 Å². The summed E-state index contributed by atoms with van der Waals surface area (Å²) in [6, 6.07) is 6.67. The van der Waals surface area contributed by atoms with Gasteiger partial charge in [0.15, 0.2) is 5.82 Å². The largest absolute Gasteiger partial charge is 0.377 e. The number of hydrogen-bond donors (Lipinski definition) is 1. The molecule has 2 fully saturated rings. The molecule has 1 saturated heterocycles. The molecule has 0 unspecified atom stereocenters. The van der Waals surface area contributed by atoms with Gasteiger partial charge in [-0.15, -0.1) is 5.10 Å². The molecule has 2 aromatic heterocycles. The van der Waals surface area contributed by atoms with Crippen molar-refractivity contribution < 1.29 is 4.74 Å². The predicted octanol–water partition coefficient (Wildman–Crippen LogP) is 4.62. The van der Waals surface area contributed by atoms with E-state index in [2.05, 4.69) is 69.1 Å². The van der Waals surface area contributed by atoms with Crippen molar-refractivity contribution in [1.29, 1.82) is 0 Å². The van der Waals surface area contributed by atoms with Gasteiger partial charge in [-0.1, -0.05) is 38.3 Å². The molecule has 3 heterocycles. The van der Waals surface area contributed by atoms with E-state index < -0.39 is 0 Å². The lowest BCUT2D eigenvalue weighted by molar-refractivity contribution is 0.0379. The highest BCUT2D eigenvalue weighted by molar-refractivity contribution is 5.82. The van der Waals surface area contributed by atoms with Crippen LogP contribution >= 0.6 is 0 Å². The third kappa shape index (κ3) is 5.05. The van der Waals surface area contributed by atoms with Gasteiger partial charge in [0.05, 0.1) is 23.7 Å². The molecule has 5 rings (SSSR count). The zero-order valence-corrected chi connectivity index (χ0v) is 21.5. The Balaban J connectivity index is 1.53. The van der Waals surface area contributed by atoms with Crippen LogP contribution in [0.2, 0.25) is 0 Å². The van der Waals surface area contributed by atoms with Gasteiger partial charge < -0.3 is 9.72 Å². The van der Waals surface area contributed by atoms with Crippen LogP contribution < -0.4 is 5.56 Å². The molecule has 1 aromatic carbocycles. The first kappa shape index (κ1) is 24.1. The lowest BCUT2D eigenvalue weighted by Gasteiger charge is -2.35. The maximum absolute atomic E-state index is 13.2. The van der Waals surface area contributed by atoms with E-state index in [4.69, 9.17) is 4.74 Å². The summed E-state index contributed by atoms with van der Waals surface area (Å²) >= 11 is 0. The number of tetrazole rings is 1. The van der Waals surface area contributed by atoms with Gasteiger partial charge in [-0.2, -0.15) is 0 Å². The van der Waals surface area contributed by atoms with Gasteiger partial charge in [-0.25, -0.2) is 4.68 Å². The van der Waals surface area contributed by atoms with Crippen molar-refractivity contribution >= 4 is 10.9 Å². The fourth-order valence-corrected chi connectivity index (χ4v) is 6.08. The molecule has 8 nitrogen and oxygen atoms in total. The molecule has 2 aliphatic rings. The second-order valence-corrected chi connectivity index (χ2v) is 10.8. The minimum absolute atomic E-state index is 0.0101. The van der Waals surface area contributed by atoms with E-state index in [0.29, 0.717) is 12.6 Å². The number of nitrogens with one attached hydrogen (secondary N) is 1. The van der Waals surface area contributed by atoms with E-state index in [1.54, 1.807) is 0 Å². The lowest BCUT2D eigenvalue weighted by atomic mass is 9.99. The Hall–Kier alpha value is -2.58.